The van der Waals surface area contributed by atoms with E-state index in [-0.39, 0.29) is 0 Å². The minimum absolute atomic E-state index is 0.356. The van der Waals surface area contributed by atoms with Crippen molar-refractivity contribution in [3.8, 4) is 5.75 Å². The molecule has 3 nitrogen and oxygen atoms in total. The average Bonchev–Trinajstić information content (AvgIpc) is 2.43. The van der Waals surface area contributed by atoms with Gasteiger partial charge in [-0.15, -0.1) is 0 Å². The highest BCUT2D eigenvalue weighted by atomic mass is 16.5. The molecule has 0 bridgehead atoms. The predicted molar refractivity (Wildman–Crippen MR) is 82.9 cm³/mol. The first-order chi connectivity index (χ1) is 9.95. The number of hydrogen-bond acceptors (Lipinski definition) is 2. The Labute approximate surface area is 125 Å². The summed E-state index contributed by atoms with van der Waals surface area (Å²) in [6.07, 6.45) is -0.524. The van der Waals surface area contributed by atoms with Crippen molar-refractivity contribution in [2.75, 3.05) is 0 Å². The monoisotopic (exact) mass is 284 g/mol. The fourth-order valence-corrected chi connectivity index (χ4v) is 2.24. The van der Waals surface area contributed by atoms with Gasteiger partial charge in [-0.2, -0.15) is 0 Å². The number of carbonyl (C=O) groups is 1. The molecule has 0 aliphatic carbocycles. The van der Waals surface area contributed by atoms with Crippen LogP contribution in [0.5, 0.6) is 5.75 Å². The van der Waals surface area contributed by atoms with E-state index in [0.29, 0.717) is 12.2 Å². The maximum absolute atomic E-state index is 11.4. The second-order valence-corrected chi connectivity index (χ2v) is 5.39. The Morgan fingerprint density at radius 2 is 1.67 bits per heavy atom. The molecule has 0 aliphatic rings. The van der Waals surface area contributed by atoms with Gasteiger partial charge in [-0.25, -0.2) is 4.79 Å². The van der Waals surface area contributed by atoms with E-state index in [1.807, 2.05) is 45.0 Å². The van der Waals surface area contributed by atoms with Crippen molar-refractivity contribution >= 4 is 5.97 Å². The van der Waals surface area contributed by atoms with Crippen LogP contribution in [0, 0.1) is 20.8 Å². The minimum atomic E-state index is -0.949. The Balaban J connectivity index is 2.15. The Morgan fingerprint density at radius 1 is 1.05 bits per heavy atom. The number of aryl methyl sites for hydroxylation is 3. The van der Waals surface area contributed by atoms with Gasteiger partial charge in [-0.3, -0.25) is 0 Å². The molecule has 0 saturated heterocycles. The highest BCUT2D eigenvalue weighted by Gasteiger charge is 2.20. The summed E-state index contributed by atoms with van der Waals surface area (Å²) in [4.78, 5) is 11.4. The molecule has 1 N–H and O–H groups in total. The van der Waals surface area contributed by atoms with Crippen molar-refractivity contribution in [3.05, 3.63) is 64.7 Å². The highest BCUT2D eigenvalue weighted by molar-refractivity contribution is 5.73. The summed E-state index contributed by atoms with van der Waals surface area (Å²) in [6.45, 7) is 6.00. The summed E-state index contributed by atoms with van der Waals surface area (Å²) >= 11 is 0. The van der Waals surface area contributed by atoms with Crippen molar-refractivity contribution in [3.63, 3.8) is 0 Å². The van der Waals surface area contributed by atoms with Crippen LogP contribution in [0.3, 0.4) is 0 Å². The van der Waals surface area contributed by atoms with Gasteiger partial charge in [0.25, 0.3) is 0 Å². The topological polar surface area (TPSA) is 46.5 Å². The molecule has 2 rings (SSSR count). The SMILES string of the molecule is Cc1ccc(OC(Cc2ccc(C)cc2C)C(=O)O)cc1. The van der Waals surface area contributed by atoms with Gasteiger partial charge in [-0.1, -0.05) is 41.5 Å². The third-order valence-electron chi connectivity index (χ3n) is 3.48. The summed E-state index contributed by atoms with van der Waals surface area (Å²) in [7, 11) is 0. The Bertz CT molecular complexity index is 629. The van der Waals surface area contributed by atoms with E-state index in [0.717, 1.165) is 16.7 Å². The number of carboxylic acids is 1. The van der Waals surface area contributed by atoms with Gasteiger partial charge in [0.1, 0.15) is 5.75 Å². The van der Waals surface area contributed by atoms with Crippen LogP contribution in [0.25, 0.3) is 0 Å². The molecule has 2 aromatic rings. The third-order valence-corrected chi connectivity index (χ3v) is 3.48. The van der Waals surface area contributed by atoms with Gasteiger partial charge in [0.15, 0.2) is 6.10 Å². The number of hydrogen-bond donors (Lipinski definition) is 1. The first-order valence-corrected chi connectivity index (χ1v) is 6.98. The van der Waals surface area contributed by atoms with Crippen molar-refractivity contribution in [2.45, 2.75) is 33.3 Å². The molecule has 1 unspecified atom stereocenters. The zero-order chi connectivity index (χ0) is 15.4. The number of ether oxygens (including phenoxy) is 1. The molecular weight excluding hydrogens is 264 g/mol. The van der Waals surface area contributed by atoms with E-state index in [9.17, 15) is 9.90 Å². The van der Waals surface area contributed by atoms with Crippen LogP contribution in [0.2, 0.25) is 0 Å². The molecule has 0 fully saturated rings. The first kappa shape index (κ1) is 15.1. The van der Waals surface area contributed by atoms with Crippen molar-refractivity contribution in [2.24, 2.45) is 0 Å². The molecule has 0 spiro atoms. The maximum Gasteiger partial charge on any atom is 0.345 e. The van der Waals surface area contributed by atoms with Crippen molar-refractivity contribution in [1.29, 1.82) is 0 Å². The van der Waals surface area contributed by atoms with E-state index in [1.54, 1.807) is 12.1 Å². The Hall–Kier alpha value is -2.29. The molecule has 0 heterocycles. The number of rotatable bonds is 5. The van der Waals surface area contributed by atoms with E-state index in [2.05, 4.69) is 6.07 Å². The van der Waals surface area contributed by atoms with Crippen LogP contribution >= 0.6 is 0 Å². The molecule has 0 aliphatic heterocycles. The fourth-order valence-electron chi connectivity index (χ4n) is 2.24. The lowest BCUT2D eigenvalue weighted by Gasteiger charge is -2.17. The Kier molecular flexibility index (Phi) is 4.63. The zero-order valence-corrected chi connectivity index (χ0v) is 12.6. The summed E-state index contributed by atoms with van der Waals surface area (Å²) in [6, 6.07) is 13.4. The molecule has 0 saturated carbocycles. The predicted octanol–water partition coefficient (Wildman–Crippen LogP) is 3.69. The van der Waals surface area contributed by atoms with Crippen molar-refractivity contribution < 1.29 is 14.6 Å². The van der Waals surface area contributed by atoms with E-state index < -0.39 is 12.1 Å². The van der Waals surface area contributed by atoms with E-state index in [1.165, 1.54) is 5.56 Å². The highest BCUT2D eigenvalue weighted by Crippen LogP contribution is 2.18. The summed E-state index contributed by atoms with van der Waals surface area (Å²) in [5, 5.41) is 9.37. The second-order valence-electron chi connectivity index (χ2n) is 5.39. The van der Waals surface area contributed by atoms with Crippen LogP contribution in [0.1, 0.15) is 22.3 Å². The van der Waals surface area contributed by atoms with E-state index in [4.69, 9.17) is 4.74 Å². The third kappa shape index (κ3) is 4.09. The molecule has 0 radical (unpaired) electrons. The standard InChI is InChI=1S/C18H20O3/c1-12-5-8-16(9-6-12)21-17(18(19)20)11-15-7-4-13(2)10-14(15)3/h4-10,17H,11H2,1-3H3,(H,19,20). The minimum Gasteiger partial charge on any atom is -0.478 e. The van der Waals surface area contributed by atoms with Gasteiger partial charge in [0.2, 0.25) is 0 Å². The molecule has 0 aromatic heterocycles. The molecule has 1 atom stereocenters. The zero-order valence-electron chi connectivity index (χ0n) is 12.6. The molecular formula is C18H20O3. The van der Waals surface area contributed by atoms with E-state index >= 15 is 0 Å². The quantitative estimate of drug-likeness (QED) is 0.911. The van der Waals surface area contributed by atoms with Crippen LogP contribution in [-0.2, 0) is 11.2 Å². The van der Waals surface area contributed by atoms with Crippen molar-refractivity contribution in [1.82, 2.24) is 0 Å². The largest absolute Gasteiger partial charge is 0.478 e. The van der Waals surface area contributed by atoms with Crippen LogP contribution < -0.4 is 4.74 Å². The van der Waals surface area contributed by atoms with Gasteiger partial charge in [0.05, 0.1) is 0 Å². The van der Waals surface area contributed by atoms with Gasteiger partial charge in [-0.05, 0) is 44.0 Å². The number of carboxylic acid groups (broad SMARTS) is 1. The molecule has 110 valence electrons. The summed E-state index contributed by atoms with van der Waals surface area (Å²) in [5.74, 6) is -0.367. The van der Waals surface area contributed by atoms with Crippen LogP contribution in [-0.4, -0.2) is 17.2 Å². The van der Waals surface area contributed by atoms with Gasteiger partial charge >= 0.3 is 5.97 Å². The maximum atomic E-state index is 11.4. The average molecular weight is 284 g/mol. The number of aliphatic carboxylic acids is 1. The van der Waals surface area contributed by atoms with Gasteiger partial charge in [0, 0.05) is 6.42 Å². The van der Waals surface area contributed by atoms with Crippen LogP contribution in [0.15, 0.2) is 42.5 Å². The molecule has 2 aromatic carbocycles. The van der Waals surface area contributed by atoms with Crippen LogP contribution in [0.4, 0.5) is 0 Å². The smallest absolute Gasteiger partial charge is 0.345 e. The normalized spacial score (nSPS) is 12.0. The second kappa shape index (κ2) is 6.44. The number of benzene rings is 2. The summed E-state index contributed by atoms with van der Waals surface area (Å²) < 4.78 is 5.62. The van der Waals surface area contributed by atoms with Gasteiger partial charge < -0.3 is 9.84 Å². The lowest BCUT2D eigenvalue weighted by molar-refractivity contribution is -0.145. The molecule has 3 heteroatoms. The molecule has 21 heavy (non-hydrogen) atoms. The molecule has 0 amide bonds. The lowest BCUT2D eigenvalue weighted by Crippen LogP contribution is -2.29. The summed E-state index contributed by atoms with van der Waals surface area (Å²) in [5.41, 5.74) is 4.38. The lowest BCUT2D eigenvalue weighted by atomic mass is 10.0. The fraction of sp³-hybridized carbons (Fsp3) is 0.278. The Morgan fingerprint density at radius 3 is 2.24 bits per heavy atom. The first-order valence-electron chi connectivity index (χ1n) is 6.98.